The molecule has 0 aromatic carbocycles. The third-order valence-electron chi connectivity index (χ3n) is 6.57. The van der Waals surface area contributed by atoms with Crippen molar-refractivity contribution in [3.8, 4) is 0 Å². The zero-order valence-electron chi connectivity index (χ0n) is 13.4. The Labute approximate surface area is 140 Å². The highest BCUT2D eigenvalue weighted by molar-refractivity contribution is 5.98. The minimum atomic E-state index is -0.532. The lowest BCUT2D eigenvalue weighted by Crippen LogP contribution is -2.64. The first kappa shape index (κ1) is 14.7. The molecule has 0 aromatic rings. The highest BCUT2D eigenvalue weighted by atomic mass is 16.3. The van der Waals surface area contributed by atoms with Crippen LogP contribution in [0.4, 0.5) is 0 Å². The molecule has 0 saturated carbocycles. The molecule has 5 aliphatic rings. The number of rotatable bonds is 0. The Kier molecular flexibility index (Phi) is 3.01. The standard InChI is InChI=1S/C18H22N2O4/c21-11-3-1-9-5-15-17(23)20-14-8-12(22)4-2-10(14)6-16(20)18(24)19(15)13(9)7-11/h1-4,9-16,21-22H,5-8H2/t9-,10-,11-,12-,13-,14-,15+,16+/m1/s1. The molecule has 3 heterocycles. The molecule has 3 fully saturated rings. The van der Waals surface area contributed by atoms with Crippen LogP contribution in [-0.4, -0.2) is 68.2 Å². The summed E-state index contributed by atoms with van der Waals surface area (Å²) in [6, 6.07) is -0.921. The zero-order valence-corrected chi connectivity index (χ0v) is 13.4. The SMILES string of the molecule is O=C1[C@@H]2C[C@H]3C=C[C@@H](O)C[C@H]3N2C(=O)[C@@H]2C[C@H]3C=C[C@@H](O)C[C@H]3N12. The van der Waals surface area contributed by atoms with Gasteiger partial charge in [0.2, 0.25) is 11.8 Å². The van der Waals surface area contributed by atoms with Gasteiger partial charge in [-0.25, -0.2) is 0 Å². The Hall–Kier alpha value is -1.66. The summed E-state index contributed by atoms with van der Waals surface area (Å²) in [5.41, 5.74) is 0. The first-order chi connectivity index (χ1) is 11.5. The Morgan fingerprint density at radius 1 is 0.708 bits per heavy atom. The first-order valence-electron chi connectivity index (χ1n) is 8.91. The molecular formula is C18H22N2O4. The van der Waals surface area contributed by atoms with Gasteiger partial charge in [-0.3, -0.25) is 9.59 Å². The van der Waals surface area contributed by atoms with Gasteiger partial charge in [-0.05, 0) is 37.5 Å². The topological polar surface area (TPSA) is 81.1 Å². The van der Waals surface area contributed by atoms with E-state index < -0.39 is 24.3 Å². The summed E-state index contributed by atoms with van der Waals surface area (Å²) in [5.74, 6) is 0.400. The van der Waals surface area contributed by atoms with E-state index in [2.05, 4.69) is 0 Å². The fourth-order valence-electron chi connectivity index (χ4n) is 5.53. The monoisotopic (exact) mass is 330 g/mol. The molecule has 128 valence electrons. The third kappa shape index (κ3) is 1.84. The van der Waals surface area contributed by atoms with Gasteiger partial charge < -0.3 is 20.0 Å². The van der Waals surface area contributed by atoms with Gasteiger partial charge >= 0.3 is 0 Å². The Bertz CT molecular complexity index is 603. The maximum atomic E-state index is 13.2. The van der Waals surface area contributed by atoms with Gasteiger partial charge in [-0.1, -0.05) is 24.3 Å². The second-order valence-corrected chi connectivity index (χ2v) is 7.83. The van der Waals surface area contributed by atoms with E-state index >= 15 is 0 Å². The number of nitrogens with zero attached hydrogens (tertiary/aromatic N) is 2. The van der Waals surface area contributed by atoms with Crippen LogP contribution in [-0.2, 0) is 9.59 Å². The number of hydrogen-bond donors (Lipinski definition) is 2. The van der Waals surface area contributed by atoms with Crippen molar-refractivity contribution in [3.05, 3.63) is 24.3 Å². The summed E-state index contributed by atoms with van der Waals surface area (Å²) in [4.78, 5) is 29.9. The molecule has 6 heteroatoms. The maximum absolute atomic E-state index is 13.2. The van der Waals surface area contributed by atoms with Crippen LogP contribution < -0.4 is 0 Å². The Morgan fingerprint density at radius 3 is 1.54 bits per heavy atom. The largest absolute Gasteiger partial charge is 0.389 e. The average Bonchev–Trinajstić information content (AvgIpc) is 3.11. The van der Waals surface area contributed by atoms with Crippen LogP contribution in [0.3, 0.4) is 0 Å². The van der Waals surface area contributed by atoms with Gasteiger partial charge in [0.05, 0.1) is 12.2 Å². The molecular weight excluding hydrogens is 308 g/mol. The highest BCUT2D eigenvalue weighted by Crippen LogP contribution is 2.46. The quantitative estimate of drug-likeness (QED) is 0.604. The predicted octanol–water partition coefficient (Wildman–Crippen LogP) is -0.187. The van der Waals surface area contributed by atoms with E-state index in [1.54, 1.807) is 22.0 Å². The fourth-order valence-corrected chi connectivity index (χ4v) is 5.53. The molecule has 5 rings (SSSR count). The van der Waals surface area contributed by atoms with Crippen LogP contribution >= 0.6 is 0 Å². The van der Waals surface area contributed by atoms with E-state index in [-0.39, 0.29) is 35.7 Å². The average molecular weight is 330 g/mol. The number of aliphatic hydroxyl groups excluding tert-OH is 2. The number of amides is 2. The highest BCUT2D eigenvalue weighted by Gasteiger charge is 2.59. The normalized spacial score (nSPS) is 49.1. The van der Waals surface area contributed by atoms with E-state index in [1.807, 2.05) is 12.2 Å². The number of fused-ring (bicyclic) bond motifs is 6. The van der Waals surface area contributed by atoms with Crippen LogP contribution in [0.5, 0.6) is 0 Å². The maximum Gasteiger partial charge on any atom is 0.246 e. The summed E-state index contributed by atoms with van der Waals surface area (Å²) in [6.45, 7) is 0. The minimum absolute atomic E-state index is 0.0342. The van der Waals surface area contributed by atoms with Gasteiger partial charge in [-0.15, -0.1) is 0 Å². The van der Waals surface area contributed by atoms with Crippen LogP contribution in [0.25, 0.3) is 0 Å². The van der Waals surface area contributed by atoms with Crippen molar-refractivity contribution in [1.29, 1.82) is 0 Å². The number of carbonyl (C=O) groups excluding carboxylic acids is 2. The zero-order chi connectivity index (χ0) is 16.6. The molecule has 6 nitrogen and oxygen atoms in total. The third-order valence-corrected chi connectivity index (χ3v) is 6.57. The molecule has 2 aliphatic carbocycles. The summed E-state index contributed by atoms with van der Waals surface area (Å²) in [6.07, 6.45) is 8.79. The van der Waals surface area contributed by atoms with Crippen molar-refractivity contribution >= 4 is 11.8 Å². The van der Waals surface area contributed by atoms with E-state index in [0.717, 1.165) is 0 Å². The summed E-state index contributed by atoms with van der Waals surface area (Å²) < 4.78 is 0. The lowest BCUT2D eigenvalue weighted by molar-refractivity contribution is -0.161. The van der Waals surface area contributed by atoms with E-state index in [9.17, 15) is 19.8 Å². The molecule has 24 heavy (non-hydrogen) atoms. The molecule has 2 amide bonds. The molecule has 3 aliphatic heterocycles. The molecule has 0 unspecified atom stereocenters. The summed E-state index contributed by atoms with van der Waals surface area (Å²) in [5, 5.41) is 19.9. The molecule has 3 saturated heterocycles. The Morgan fingerprint density at radius 2 is 1.12 bits per heavy atom. The Balaban J connectivity index is 1.49. The van der Waals surface area contributed by atoms with Crippen molar-refractivity contribution in [3.63, 3.8) is 0 Å². The minimum Gasteiger partial charge on any atom is -0.389 e. The van der Waals surface area contributed by atoms with Gasteiger partial charge in [0.15, 0.2) is 0 Å². The lowest BCUT2D eigenvalue weighted by atomic mass is 9.88. The van der Waals surface area contributed by atoms with Gasteiger partial charge in [-0.2, -0.15) is 0 Å². The fraction of sp³-hybridized carbons (Fsp3) is 0.667. The second kappa shape index (κ2) is 4.92. The number of piperazine rings is 1. The van der Waals surface area contributed by atoms with Crippen LogP contribution in [0, 0.1) is 11.8 Å². The lowest BCUT2D eigenvalue weighted by Gasteiger charge is -2.44. The van der Waals surface area contributed by atoms with Crippen LogP contribution in [0.15, 0.2) is 24.3 Å². The molecule has 2 N–H and O–H groups in total. The second-order valence-electron chi connectivity index (χ2n) is 7.83. The molecule has 0 bridgehead atoms. The van der Waals surface area contributed by atoms with Crippen molar-refractivity contribution in [2.24, 2.45) is 11.8 Å². The van der Waals surface area contributed by atoms with Crippen molar-refractivity contribution in [2.45, 2.75) is 62.1 Å². The van der Waals surface area contributed by atoms with E-state index in [1.165, 1.54) is 0 Å². The van der Waals surface area contributed by atoms with Gasteiger partial charge in [0.25, 0.3) is 0 Å². The van der Waals surface area contributed by atoms with Crippen molar-refractivity contribution in [2.75, 3.05) is 0 Å². The number of hydrogen-bond acceptors (Lipinski definition) is 4. The number of carbonyl (C=O) groups is 2. The van der Waals surface area contributed by atoms with E-state index in [0.29, 0.717) is 25.7 Å². The van der Waals surface area contributed by atoms with E-state index in [4.69, 9.17) is 0 Å². The molecule has 0 spiro atoms. The first-order valence-corrected chi connectivity index (χ1v) is 8.91. The molecule has 8 atom stereocenters. The molecule has 0 radical (unpaired) electrons. The summed E-state index contributed by atoms with van der Waals surface area (Å²) >= 11 is 0. The predicted molar refractivity (Wildman–Crippen MR) is 84.6 cm³/mol. The molecule has 0 aromatic heterocycles. The number of aliphatic hydroxyl groups is 2. The van der Waals surface area contributed by atoms with Crippen LogP contribution in [0.1, 0.15) is 25.7 Å². The van der Waals surface area contributed by atoms with Crippen molar-refractivity contribution in [1.82, 2.24) is 9.80 Å². The van der Waals surface area contributed by atoms with Gasteiger partial charge in [0, 0.05) is 12.1 Å². The van der Waals surface area contributed by atoms with Gasteiger partial charge in [0.1, 0.15) is 12.1 Å². The van der Waals surface area contributed by atoms with Crippen LogP contribution in [0.2, 0.25) is 0 Å². The summed E-state index contributed by atoms with van der Waals surface area (Å²) in [7, 11) is 0. The smallest absolute Gasteiger partial charge is 0.246 e. The van der Waals surface area contributed by atoms with Crippen molar-refractivity contribution < 1.29 is 19.8 Å².